The van der Waals surface area contributed by atoms with Crippen molar-refractivity contribution in [2.24, 2.45) is 11.8 Å². The summed E-state index contributed by atoms with van der Waals surface area (Å²) in [6.07, 6.45) is 0.0697. The van der Waals surface area contributed by atoms with E-state index in [2.05, 4.69) is 31.9 Å². The van der Waals surface area contributed by atoms with Gasteiger partial charge in [0.25, 0.3) is 0 Å². The van der Waals surface area contributed by atoms with E-state index in [0.29, 0.717) is 14.5 Å². The highest BCUT2D eigenvalue weighted by Crippen LogP contribution is 2.34. The SMILES string of the molecule is CC(C(=O)O)C(Cc1cc(Br)c(O)c(Br)c1)C(=O)O. The Hall–Kier alpha value is -1.08. The Balaban J connectivity index is 3.04. The Labute approximate surface area is 126 Å². The van der Waals surface area contributed by atoms with Gasteiger partial charge in [-0.05, 0) is 56.0 Å². The monoisotopic (exact) mass is 394 g/mol. The predicted octanol–water partition coefficient (Wildman–Crippen LogP) is 2.88. The molecule has 0 aliphatic carbocycles. The first-order valence-electron chi connectivity index (χ1n) is 5.36. The van der Waals surface area contributed by atoms with Crippen molar-refractivity contribution < 1.29 is 24.9 Å². The highest BCUT2D eigenvalue weighted by molar-refractivity contribution is 9.11. The zero-order chi connectivity index (χ0) is 14.7. The fourth-order valence-corrected chi connectivity index (χ4v) is 2.92. The molecule has 0 saturated heterocycles. The minimum absolute atomic E-state index is 0.0157. The lowest BCUT2D eigenvalue weighted by Crippen LogP contribution is -2.29. The van der Waals surface area contributed by atoms with Crippen LogP contribution < -0.4 is 0 Å². The van der Waals surface area contributed by atoms with Gasteiger partial charge in [0.1, 0.15) is 5.75 Å². The maximum absolute atomic E-state index is 11.2. The maximum Gasteiger partial charge on any atom is 0.307 e. The van der Waals surface area contributed by atoms with E-state index in [0.717, 1.165) is 0 Å². The van der Waals surface area contributed by atoms with Crippen LogP contribution in [-0.2, 0) is 16.0 Å². The van der Waals surface area contributed by atoms with Gasteiger partial charge < -0.3 is 15.3 Å². The number of rotatable bonds is 5. The van der Waals surface area contributed by atoms with Gasteiger partial charge in [0.05, 0.1) is 20.8 Å². The summed E-state index contributed by atoms with van der Waals surface area (Å²) in [6.45, 7) is 1.37. The van der Waals surface area contributed by atoms with Gasteiger partial charge in [0.15, 0.2) is 0 Å². The standard InChI is InChI=1S/C12H12Br2O5/c1-5(11(16)17)7(12(18)19)2-6-3-8(13)10(15)9(14)4-6/h3-5,7,15H,2H2,1H3,(H,16,17)(H,18,19). The second-order valence-corrected chi connectivity index (χ2v) is 5.89. The van der Waals surface area contributed by atoms with Crippen LogP contribution in [0.4, 0.5) is 0 Å². The molecule has 0 spiro atoms. The van der Waals surface area contributed by atoms with Crippen LogP contribution in [0.25, 0.3) is 0 Å². The molecular weight excluding hydrogens is 384 g/mol. The number of benzene rings is 1. The molecule has 0 heterocycles. The smallest absolute Gasteiger partial charge is 0.307 e. The third-order valence-electron chi connectivity index (χ3n) is 2.84. The van der Waals surface area contributed by atoms with Crippen molar-refractivity contribution in [1.29, 1.82) is 0 Å². The largest absolute Gasteiger partial charge is 0.506 e. The molecule has 0 saturated carbocycles. The lowest BCUT2D eigenvalue weighted by Gasteiger charge is -2.17. The van der Waals surface area contributed by atoms with Gasteiger partial charge in [-0.1, -0.05) is 6.92 Å². The van der Waals surface area contributed by atoms with E-state index in [-0.39, 0.29) is 12.2 Å². The van der Waals surface area contributed by atoms with Crippen LogP contribution in [0.5, 0.6) is 5.75 Å². The molecule has 0 amide bonds. The van der Waals surface area contributed by atoms with Crippen molar-refractivity contribution in [3.8, 4) is 5.75 Å². The molecule has 1 aromatic rings. The van der Waals surface area contributed by atoms with Gasteiger partial charge in [-0.25, -0.2) is 0 Å². The number of aliphatic carboxylic acids is 2. The molecule has 0 aliphatic rings. The third-order valence-corrected chi connectivity index (χ3v) is 4.05. The molecular formula is C12H12Br2O5. The first-order valence-corrected chi connectivity index (χ1v) is 6.95. The first-order chi connectivity index (χ1) is 8.73. The molecule has 0 radical (unpaired) electrons. The van der Waals surface area contributed by atoms with E-state index < -0.39 is 23.8 Å². The number of phenolic OH excluding ortho intramolecular Hbond substituents is 1. The molecule has 0 aliphatic heterocycles. The number of halogens is 2. The van der Waals surface area contributed by atoms with E-state index in [1.807, 2.05) is 0 Å². The number of hydrogen-bond donors (Lipinski definition) is 3. The van der Waals surface area contributed by atoms with Crippen molar-refractivity contribution in [2.75, 3.05) is 0 Å². The van der Waals surface area contributed by atoms with E-state index in [9.17, 15) is 14.7 Å². The van der Waals surface area contributed by atoms with Crippen molar-refractivity contribution >= 4 is 43.8 Å². The average Bonchev–Trinajstić information content (AvgIpc) is 2.31. The van der Waals surface area contributed by atoms with Gasteiger partial charge in [-0.15, -0.1) is 0 Å². The molecule has 0 aromatic heterocycles. The van der Waals surface area contributed by atoms with Gasteiger partial charge in [-0.2, -0.15) is 0 Å². The molecule has 104 valence electrons. The molecule has 5 nitrogen and oxygen atoms in total. The van der Waals surface area contributed by atoms with Crippen LogP contribution in [0.3, 0.4) is 0 Å². The summed E-state index contributed by atoms with van der Waals surface area (Å²) in [7, 11) is 0. The Bertz CT molecular complexity index is 492. The average molecular weight is 396 g/mol. The number of hydrogen-bond acceptors (Lipinski definition) is 3. The summed E-state index contributed by atoms with van der Waals surface area (Å²) in [5, 5.41) is 27.6. The van der Waals surface area contributed by atoms with E-state index in [4.69, 9.17) is 10.2 Å². The lowest BCUT2D eigenvalue weighted by molar-refractivity contribution is -0.152. The van der Waals surface area contributed by atoms with Crippen molar-refractivity contribution in [1.82, 2.24) is 0 Å². The van der Waals surface area contributed by atoms with Crippen molar-refractivity contribution in [3.63, 3.8) is 0 Å². The number of aromatic hydroxyl groups is 1. The van der Waals surface area contributed by atoms with Gasteiger partial charge in [-0.3, -0.25) is 9.59 Å². The number of carboxylic acid groups (broad SMARTS) is 2. The summed E-state index contributed by atoms with van der Waals surface area (Å²) in [5.74, 6) is -4.31. The van der Waals surface area contributed by atoms with Gasteiger partial charge in [0, 0.05) is 0 Å². The minimum Gasteiger partial charge on any atom is -0.506 e. The quantitative estimate of drug-likeness (QED) is 0.712. The van der Waals surface area contributed by atoms with Crippen LogP contribution in [0.15, 0.2) is 21.1 Å². The van der Waals surface area contributed by atoms with Crippen LogP contribution in [0, 0.1) is 11.8 Å². The maximum atomic E-state index is 11.2. The fourth-order valence-electron chi connectivity index (χ4n) is 1.64. The van der Waals surface area contributed by atoms with Crippen LogP contribution in [-0.4, -0.2) is 27.3 Å². The molecule has 1 aromatic carbocycles. The Morgan fingerprint density at radius 3 is 2.00 bits per heavy atom. The van der Waals surface area contributed by atoms with Crippen molar-refractivity contribution in [3.05, 3.63) is 26.6 Å². The highest BCUT2D eigenvalue weighted by Gasteiger charge is 2.30. The molecule has 19 heavy (non-hydrogen) atoms. The number of phenols is 1. The van der Waals surface area contributed by atoms with Gasteiger partial charge >= 0.3 is 11.9 Å². The summed E-state index contributed by atoms with van der Waals surface area (Å²) in [6, 6.07) is 3.15. The molecule has 1 rings (SSSR count). The highest BCUT2D eigenvalue weighted by atomic mass is 79.9. The molecule has 2 atom stereocenters. The van der Waals surface area contributed by atoms with Crippen LogP contribution in [0.1, 0.15) is 12.5 Å². The summed E-state index contributed by atoms with van der Waals surface area (Å²) in [4.78, 5) is 22.1. The van der Waals surface area contributed by atoms with Crippen molar-refractivity contribution in [2.45, 2.75) is 13.3 Å². The normalized spacial score (nSPS) is 13.8. The van der Waals surface area contributed by atoms with E-state index in [1.54, 1.807) is 12.1 Å². The second-order valence-electron chi connectivity index (χ2n) is 4.18. The molecule has 0 bridgehead atoms. The zero-order valence-corrected chi connectivity index (χ0v) is 13.1. The number of carboxylic acids is 2. The lowest BCUT2D eigenvalue weighted by atomic mass is 9.88. The summed E-state index contributed by atoms with van der Waals surface area (Å²) < 4.78 is 0.841. The van der Waals surface area contributed by atoms with Crippen LogP contribution >= 0.6 is 31.9 Å². The minimum atomic E-state index is -1.16. The third kappa shape index (κ3) is 3.94. The summed E-state index contributed by atoms with van der Waals surface area (Å²) in [5.41, 5.74) is 0.622. The van der Waals surface area contributed by atoms with E-state index >= 15 is 0 Å². The fraction of sp³-hybridized carbons (Fsp3) is 0.333. The molecule has 2 unspecified atom stereocenters. The van der Waals surface area contributed by atoms with Crippen LogP contribution in [0.2, 0.25) is 0 Å². The Morgan fingerprint density at radius 1 is 1.16 bits per heavy atom. The first kappa shape index (κ1) is 16.0. The molecule has 3 N–H and O–H groups in total. The molecule has 7 heteroatoms. The van der Waals surface area contributed by atoms with E-state index in [1.165, 1.54) is 6.92 Å². The summed E-state index contributed by atoms with van der Waals surface area (Å²) >= 11 is 6.29. The molecule has 0 fully saturated rings. The Kier molecular flexibility index (Phi) is 5.37. The number of carbonyl (C=O) groups is 2. The Morgan fingerprint density at radius 2 is 1.63 bits per heavy atom. The predicted molar refractivity (Wildman–Crippen MR) is 75.1 cm³/mol. The second kappa shape index (κ2) is 6.38. The zero-order valence-electron chi connectivity index (χ0n) is 9.93. The topological polar surface area (TPSA) is 94.8 Å². The van der Waals surface area contributed by atoms with Gasteiger partial charge in [0.2, 0.25) is 0 Å².